The number of likely N-dealkylation sites (tertiary alicyclic amines) is 1. The fraction of sp³-hybridized carbons (Fsp3) is 0.647. The van der Waals surface area contributed by atoms with Gasteiger partial charge < -0.3 is 14.8 Å². The molecular formula is C17H26N2O2. The highest BCUT2D eigenvalue weighted by Crippen LogP contribution is 2.35. The number of benzene rings is 1. The van der Waals surface area contributed by atoms with Crippen molar-refractivity contribution in [1.29, 1.82) is 0 Å². The first-order valence-electron chi connectivity index (χ1n) is 7.91. The van der Waals surface area contributed by atoms with Crippen molar-refractivity contribution in [3.8, 4) is 11.5 Å². The monoisotopic (exact) mass is 290 g/mol. The molecule has 1 aromatic carbocycles. The molecule has 3 rings (SSSR count). The van der Waals surface area contributed by atoms with Crippen molar-refractivity contribution in [3.63, 3.8) is 0 Å². The average molecular weight is 290 g/mol. The molecule has 1 N–H and O–H groups in total. The Kier molecular flexibility index (Phi) is 4.36. The molecule has 0 radical (unpaired) electrons. The summed E-state index contributed by atoms with van der Waals surface area (Å²) in [4.78, 5) is 2.64. The van der Waals surface area contributed by atoms with E-state index in [4.69, 9.17) is 9.47 Å². The van der Waals surface area contributed by atoms with Gasteiger partial charge in [0, 0.05) is 25.2 Å². The number of hydrogen-bond donors (Lipinski definition) is 1. The van der Waals surface area contributed by atoms with Gasteiger partial charge in [-0.2, -0.15) is 0 Å². The second-order valence-corrected chi connectivity index (χ2v) is 6.21. The third-order valence-electron chi connectivity index (χ3n) is 5.04. The van der Waals surface area contributed by atoms with Crippen LogP contribution in [0.25, 0.3) is 0 Å². The van der Waals surface area contributed by atoms with Crippen LogP contribution in [0.5, 0.6) is 11.5 Å². The third-order valence-corrected chi connectivity index (χ3v) is 5.04. The quantitative estimate of drug-likeness (QED) is 0.901. The maximum Gasteiger partial charge on any atom is 0.122 e. The van der Waals surface area contributed by atoms with Gasteiger partial charge in [-0.1, -0.05) is 6.92 Å². The first kappa shape index (κ1) is 14.7. The van der Waals surface area contributed by atoms with Gasteiger partial charge in [-0.25, -0.2) is 0 Å². The van der Waals surface area contributed by atoms with Crippen LogP contribution in [0.15, 0.2) is 18.2 Å². The highest BCUT2D eigenvalue weighted by Gasteiger charge is 2.42. The Morgan fingerprint density at radius 1 is 1.14 bits per heavy atom. The van der Waals surface area contributed by atoms with E-state index in [9.17, 15) is 0 Å². The molecule has 2 fully saturated rings. The van der Waals surface area contributed by atoms with Crippen LogP contribution in [0.4, 0.5) is 0 Å². The summed E-state index contributed by atoms with van der Waals surface area (Å²) in [6.45, 7) is 6.86. The van der Waals surface area contributed by atoms with E-state index in [-0.39, 0.29) is 0 Å². The number of rotatable bonds is 5. The molecule has 2 aliphatic rings. The smallest absolute Gasteiger partial charge is 0.122 e. The van der Waals surface area contributed by atoms with Crippen molar-refractivity contribution in [1.82, 2.24) is 10.2 Å². The number of fused-ring (bicyclic) bond motifs is 1. The van der Waals surface area contributed by atoms with Crippen molar-refractivity contribution in [2.45, 2.75) is 25.9 Å². The number of nitrogens with one attached hydrogen (secondary N) is 1. The molecular weight excluding hydrogens is 264 g/mol. The Morgan fingerprint density at radius 3 is 2.48 bits per heavy atom. The third kappa shape index (κ3) is 2.87. The van der Waals surface area contributed by atoms with Crippen molar-refractivity contribution in [2.24, 2.45) is 11.8 Å². The molecule has 116 valence electrons. The predicted octanol–water partition coefficient (Wildman–Crippen LogP) is 2.13. The minimum atomic E-state index is 0.696. The normalized spacial score (nSPS) is 28.6. The Hall–Kier alpha value is -1.26. The zero-order valence-electron chi connectivity index (χ0n) is 13.3. The second-order valence-electron chi connectivity index (χ2n) is 6.21. The van der Waals surface area contributed by atoms with Crippen LogP contribution < -0.4 is 14.8 Å². The first-order valence-corrected chi connectivity index (χ1v) is 7.91. The molecule has 4 nitrogen and oxygen atoms in total. The topological polar surface area (TPSA) is 33.7 Å². The lowest BCUT2D eigenvalue weighted by atomic mass is 9.93. The van der Waals surface area contributed by atoms with Crippen LogP contribution in [-0.4, -0.2) is 44.8 Å². The number of hydrogen-bond acceptors (Lipinski definition) is 4. The van der Waals surface area contributed by atoms with Crippen molar-refractivity contribution in [3.05, 3.63) is 23.8 Å². The molecule has 0 aliphatic carbocycles. The number of ether oxygens (including phenoxy) is 2. The summed E-state index contributed by atoms with van der Waals surface area (Å²) in [7, 11) is 3.42. The van der Waals surface area contributed by atoms with Gasteiger partial charge in [-0.05, 0) is 49.0 Å². The minimum Gasteiger partial charge on any atom is -0.497 e. The highest BCUT2D eigenvalue weighted by atomic mass is 16.5. The summed E-state index contributed by atoms with van der Waals surface area (Å²) in [5.41, 5.74) is 1.28. The molecule has 2 heterocycles. The Balaban J connectivity index is 1.76. The summed E-state index contributed by atoms with van der Waals surface area (Å²) >= 11 is 0. The summed E-state index contributed by atoms with van der Waals surface area (Å²) in [6.07, 6.45) is 1.23. The second kappa shape index (κ2) is 6.24. The maximum absolute atomic E-state index is 5.38. The van der Waals surface area contributed by atoms with Crippen LogP contribution in [0.2, 0.25) is 0 Å². The zero-order valence-corrected chi connectivity index (χ0v) is 13.3. The Bertz CT molecular complexity index is 469. The summed E-state index contributed by atoms with van der Waals surface area (Å²) < 4.78 is 10.8. The van der Waals surface area contributed by atoms with E-state index in [0.717, 1.165) is 29.9 Å². The average Bonchev–Trinajstić information content (AvgIpc) is 3.07. The van der Waals surface area contributed by atoms with Gasteiger partial charge in [-0.15, -0.1) is 0 Å². The van der Waals surface area contributed by atoms with E-state index in [1.54, 1.807) is 14.2 Å². The zero-order chi connectivity index (χ0) is 14.8. The number of nitrogens with zero attached hydrogens (tertiary/aromatic N) is 1. The molecule has 4 heteroatoms. The van der Waals surface area contributed by atoms with Crippen molar-refractivity contribution in [2.75, 3.05) is 33.9 Å². The predicted molar refractivity (Wildman–Crippen MR) is 83.9 cm³/mol. The Morgan fingerprint density at radius 2 is 1.86 bits per heavy atom. The van der Waals surface area contributed by atoms with E-state index in [0.29, 0.717) is 6.04 Å². The van der Waals surface area contributed by atoms with Gasteiger partial charge in [-0.3, -0.25) is 4.90 Å². The first-order chi connectivity index (χ1) is 10.2. The number of methoxy groups -OCH3 is 2. The van der Waals surface area contributed by atoms with Crippen molar-refractivity contribution >= 4 is 0 Å². The van der Waals surface area contributed by atoms with Crippen LogP contribution in [0.1, 0.15) is 18.9 Å². The lowest BCUT2D eigenvalue weighted by Crippen LogP contribution is -2.34. The molecule has 3 atom stereocenters. The molecule has 0 spiro atoms. The molecule has 0 aromatic heterocycles. The molecule has 1 aromatic rings. The maximum atomic E-state index is 5.38. The molecule has 0 amide bonds. The molecule has 0 saturated carbocycles. The van der Waals surface area contributed by atoms with E-state index < -0.39 is 0 Å². The fourth-order valence-corrected chi connectivity index (χ4v) is 4.05. The highest BCUT2D eigenvalue weighted by molar-refractivity contribution is 5.38. The van der Waals surface area contributed by atoms with Crippen LogP contribution in [0.3, 0.4) is 0 Å². The van der Waals surface area contributed by atoms with E-state index in [2.05, 4.69) is 29.3 Å². The standard InChI is InChI=1S/C17H26N2O2/c1-4-17-16-9-18-8-13(16)11-19(17)10-12-5-14(20-2)7-15(6-12)21-3/h5-7,13,16-18H,4,8-11H2,1-3H3. The molecule has 21 heavy (non-hydrogen) atoms. The van der Waals surface area contributed by atoms with Crippen LogP contribution in [0, 0.1) is 11.8 Å². The van der Waals surface area contributed by atoms with Gasteiger partial charge >= 0.3 is 0 Å². The minimum absolute atomic E-state index is 0.696. The SMILES string of the molecule is CCC1C2CNCC2CN1Cc1cc(OC)cc(OC)c1. The van der Waals surface area contributed by atoms with Gasteiger partial charge in [0.1, 0.15) is 11.5 Å². The molecule has 2 aliphatic heterocycles. The Labute approximate surface area is 127 Å². The van der Waals surface area contributed by atoms with Gasteiger partial charge in [0.2, 0.25) is 0 Å². The summed E-state index contributed by atoms with van der Waals surface area (Å²) in [5, 5.41) is 3.54. The van der Waals surface area contributed by atoms with E-state index in [1.165, 1.54) is 31.6 Å². The van der Waals surface area contributed by atoms with E-state index in [1.807, 2.05) is 6.07 Å². The largest absolute Gasteiger partial charge is 0.497 e. The lowest BCUT2D eigenvalue weighted by molar-refractivity contribution is 0.210. The van der Waals surface area contributed by atoms with Crippen LogP contribution >= 0.6 is 0 Å². The summed E-state index contributed by atoms with van der Waals surface area (Å²) in [6, 6.07) is 6.88. The summed E-state index contributed by atoms with van der Waals surface area (Å²) in [5.74, 6) is 3.39. The van der Waals surface area contributed by atoms with E-state index >= 15 is 0 Å². The van der Waals surface area contributed by atoms with Gasteiger partial charge in [0.15, 0.2) is 0 Å². The van der Waals surface area contributed by atoms with Crippen LogP contribution in [-0.2, 0) is 6.54 Å². The molecule has 3 unspecified atom stereocenters. The molecule has 0 bridgehead atoms. The van der Waals surface area contributed by atoms with Gasteiger partial charge in [0.25, 0.3) is 0 Å². The molecule has 2 saturated heterocycles. The van der Waals surface area contributed by atoms with Gasteiger partial charge in [0.05, 0.1) is 14.2 Å². The fourth-order valence-electron chi connectivity index (χ4n) is 4.05. The lowest BCUT2D eigenvalue weighted by Gasteiger charge is -2.27. The van der Waals surface area contributed by atoms with Crippen molar-refractivity contribution < 1.29 is 9.47 Å².